The standard InChI is InChI=1S/C12H19FO3/c1-9(14)8-12(2,13)16-11(15)10-6-4-3-5-7-10/h10H,3-8H2,1-2H3. The lowest BCUT2D eigenvalue weighted by atomic mass is 9.89. The molecule has 1 rings (SSSR count). The second-order valence-corrected chi connectivity index (χ2v) is 4.74. The second kappa shape index (κ2) is 5.41. The molecule has 0 aromatic heterocycles. The average Bonchev–Trinajstić information content (AvgIpc) is 2.16. The van der Waals surface area contributed by atoms with Gasteiger partial charge in [-0.2, -0.15) is 4.39 Å². The topological polar surface area (TPSA) is 43.4 Å². The molecular formula is C12H19FO3. The Balaban J connectivity index is 2.45. The Labute approximate surface area is 95.3 Å². The van der Waals surface area contributed by atoms with Crippen molar-refractivity contribution in [3.63, 3.8) is 0 Å². The second-order valence-electron chi connectivity index (χ2n) is 4.74. The lowest BCUT2D eigenvalue weighted by Gasteiger charge is -2.25. The zero-order chi connectivity index (χ0) is 12.2. The predicted molar refractivity (Wildman–Crippen MR) is 57.5 cm³/mol. The molecule has 0 spiro atoms. The van der Waals surface area contributed by atoms with Gasteiger partial charge in [-0.15, -0.1) is 0 Å². The van der Waals surface area contributed by atoms with E-state index in [0.717, 1.165) is 39.0 Å². The third-order valence-corrected chi connectivity index (χ3v) is 2.82. The minimum absolute atomic E-state index is 0.184. The van der Waals surface area contributed by atoms with Crippen molar-refractivity contribution in [1.29, 1.82) is 0 Å². The third kappa shape index (κ3) is 4.29. The van der Waals surface area contributed by atoms with Gasteiger partial charge in [0.25, 0.3) is 5.85 Å². The molecule has 1 saturated carbocycles. The van der Waals surface area contributed by atoms with E-state index in [2.05, 4.69) is 0 Å². The number of rotatable bonds is 4. The number of carbonyl (C=O) groups excluding carboxylic acids is 2. The van der Waals surface area contributed by atoms with Crippen LogP contribution in [-0.2, 0) is 14.3 Å². The van der Waals surface area contributed by atoms with Gasteiger partial charge < -0.3 is 4.74 Å². The predicted octanol–water partition coefficient (Wildman–Crippen LogP) is 2.77. The first-order valence-corrected chi connectivity index (χ1v) is 5.82. The molecule has 1 aliphatic rings. The van der Waals surface area contributed by atoms with Gasteiger partial charge in [0.1, 0.15) is 5.78 Å². The Morgan fingerprint density at radius 3 is 2.38 bits per heavy atom. The molecule has 16 heavy (non-hydrogen) atoms. The van der Waals surface area contributed by atoms with Crippen molar-refractivity contribution in [1.82, 2.24) is 0 Å². The number of alkyl halides is 1. The van der Waals surface area contributed by atoms with E-state index >= 15 is 0 Å². The molecule has 0 radical (unpaired) electrons. The first-order chi connectivity index (χ1) is 7.41. The molecule has 0 aromatic carbocycles. The van der Waals surface area contributed by atoms with E-state index in [1.54, 1.807) is 0 Å². The fourth-order valence-corrected chi connectivity index (χ4v) is 2.11. The van der Waals surface area contributed by atoms with Crippen molar-refractivity contribution in [3.05, 3.63) is 0 Å². The van der Waals surface area contributed by atoms with E-state index in [4.69, 9.17) is 4.74 Å². The summed E-state index contributed by atoms with van der Waals surface area (Å²) >= 11 is 0. The number of ether oxygens (including phenoxy) is 1. The van der Waals surface area contributed by atoms with Gasteiger partial charge in [0.05, 0.1) is 12.3 Å². The molecule has 1 fully saturated rings. The zero-order valence-corrected chi connectivity index (χ0v) is 9.92. The molecule has 0 heterocycles. The Bertz CT molecular complexity index is 267. The minimum Gasteiger partial charge on any atom is -0.428 e. The third-order valence-electron chi connectivity index (χ3n) is 2.82. The summed E-state index contributed by atoms with van der Waals surface area (Å²) in [5.74, 6) is -3.15. The van der Waals surface area contributed by atoms with E-state index in [-0.39, 0.29) is 18.1 Å². The van der Waals surface area contributed by atoms with Gasteiger partial charge in [-0.05, 0) is 19.8 Å². The number of hydrogen-bond donors (Lipinski definition) is 0. The van der Waals surface area contributed by atoms with Crippen LogP contribution in [0.5, 0.6) is 0 Å². The monoisotopic (exact) mass is 230 g/mol. The summed E-state index contributed by atoms with van der Waals surface area (Å²) in [7, 11) is 0. The van der Waals surface area contributed by atoms with Crippen LogP contribution in [0.1, 0.15) is 52.4 Å². The molecule has 1 aliphatic carbocycles. The molecule has 1 unspecified atom stereocenters. The highest BCUT2D eigenvalue weighted by Crippen LogP contribution is 2.27. The molecular weight excluding hydrogens is 211 g/mol. The van der Waals surface area contributed by atoms with E-state index in [1.165, 1.54) is 6.92 Å². The number of halogens is 1. The van der Waals surface area contributed by atoms with Crippen LogP contribution in [0.15, 0.2) is 0 Å². The summed E-state index contributed by atoms with van der Waals surface area (Å²) < 4.78 is 18.4. The van der Waals surface area contributed by atoms with Crippen molar-refractivity contribution < 1.29 is 18.7 Å². The quantitative estimate of drug-likeness (QED) is 0.697. The zero-order valence-electron chi connectivity index (χ0n) is 9.92. The highest BCUT2D eigenvalue weighted by atomic mass is 19.2. The van der Waals surface area contributed by atoms with E-state index in [0.29, 0.717) is 0 Å². The van der Waals surface area contributed by atoms with Crippen molar-refractivity contribution >= 4 is 11.8 Å². The summed E-state index contributed by atoms with van der Waals surface area (Å²) in [6.07, 6.45) is 4.30. The number of carbonyl (C=O) groups is 2. The molecule has 4 heteroatoms. The number of hydrogen-bond acceptors (Lipinski definition) is 3. The van der Waals surface area contributed by atoms with Crippen LogP contribution < -0.4 is 0 Å². The fourth-order valence-electron chi connectivity index (χ4n) is 2.11. The van der Waals surface area contributed by atoms with Crippen LogP contribution in [0.3, 0.4) is 0 Å². The summed E-state index contributed by atoms with van der Waals surface area (Å²) in [5, 5.41) is 0. The van der Waals surface area contributed by atoms with E-state index in [9.17, 15) is 14.0 Å². The molecule has 92 valence electrons. The van der Waals surface area contributed by atoms with Gasteiger partial charge in [-0.1, -0.05) is 19.3 Å². The van der Waals surface area contributed by atoms with Crippen LogP contribution in [0.4, 0.5) is 4.39 Å². The highest BCUT2D eigenvalue weighted by Gasteiger charge is 2.33. The molecule has 0 bridgehead atoms. The summed E-state index contributed by atoms with van der Waals surface area (Å²) in [6.45, 7) is 2.42. The molecule has 0 N–H and O–H groups in total. The van der Waals surface area contributed by atoms with E-state index < -0.39 is 11.8 Å². The van der Waals surface area contributed by atoms with Crippen LogP contribution in [0, 0.1) is 5.92 Å². The smallest absolute Gasteiger partial charge is 0.311 e. The lowest BCUT2D eigenvalue weighted by molar-refractivity contribution is -0.185. The largest absolute Gasteiger partial charge is 0.428 e. The average molecular weight is 230 g/mol. The summed E-state index contributed by atoms with van der Waals surface area (Å²) in [5.41, 5.74) is 0. The minimum atomic E-state index is -2.15. The van der Waals surface area contributed by atoms with Gasteiger partial charge in [-0.3, -0.25) is 9.59 Å². The van der Waals surface area contributed by atoms with Gasteiger partial charge >= 0.3 is 5.97 Å². The first kappa shape index (κ1) is 13.1. The normalized spacial score (nSPS) is 21.2. The molecule has 1 atom stereocenters. The maximum absolute atomic E-state index is 13.7. The van der Waals surface area contributed by atoms with Gasteiger partial charge in [0.15, 0.2) is 0 Å². The van der Waals surface area contributed by atoms with Crippen molar-refractivity contribution in [2.75, 3.05) is 0 Å². The molecule has 0 amide bonds. The van der Waals surface area contributed by atoms with Crippen molar-refractivity contribution in [2.45, 2.75) is 58.2 Å². The first-order valence-electron chi connectivity index (χ1n) is 5.82. The Kier molecular flexibility index (Phi) is 4.44. The van der Waals surface area contributed by atoms with Crippen LogP contribution in [-0.4, -0.2) is 17.6 Å². The summed E-state index contributed by atoms with van der Waals surface area (Å²) in [6, 6.07) is 0. The van der Waals surface area contributed by atoms with Crippen LogP contribution >= 0.6 is 0 Å². The maximum Gasteiger partial charge on any atom is 0.311 e. The van der Waals surface area contributed by atoms with E-state index in [1.807, 2.05) is 0 Å². The maximum atomic E-state index is 13.7. The number of Topliss-reactive ketones (excluding diaryl/α,β-unsaturated/α-hetero) is 1. The SMILES string of the molecule is CC(=O)CC(C)(F)OC(=O)C1CCCCC1. The molecule has 0 aromatic rings. The van der Waals surface area contributed by atoms with Crippen LogP contribution in [0.2, 0.25) is 0 Å². The van der Waals surface area contributed by atoms with Gasteiger partial charge in [0.2, 0.25) is 0 Å². The lowest BCUT2D eigenvalue weighted by Crippen LogP contribution is -2.32. The van der Waals surface area contributed by atoms with Gasteiger partial charge in [-0.25, -0.2) is 0 Å². The van der Waals surface area contributed by atoms with Gasteiger partial charge in [0, 0.05) is 6.92 Å². The summed E-state index contributed by atoms with van der Waals surface area (Å²) in [4.78, 5) is 22.4. The fraction of sp³-hybridized carbons (Fsp3) is 0.833. The van der Waals surface area contributed by atoms with Crippen LogP contribution in [0.25, 0.3) is 0 Å². The van der Waals surface area contributed by atoms with Crippen molar-refractivity contribution in [3.8, 4) is 0 Å². The Hall–Kier alpha value is -0.930. The van der Waals surface area contributed by atoms with Crippen molar-refractivity contribution in [2.24, 2.45) is 5.92 Å². The molecule has 3 nitrogen and oxygen atoms in total. The Morgan fingerprint density at radius 2 is 1.88 bits per heavy atom. The number of esters is 1. The Morgan fingerprint density at radius 1 is 1.31 bits per heavy atom. The molecule has 0 saturated heterocycles. The number of ketones is 1. The highest BCUT2D eigenvalue weighted by molar-refractivity contribution is 5.77. The molecule has 0 aliphatic heterocycles.